The van der Waals surface area contributed by atoms with Crippen LogP contribution in [0.2, 0.25) is 0 Å². The van der Waals surface area contributed by atoms with Gasteiger partial charge in [-0.2, -0.15) is 0 Å². The highest BCUT2D eigenvalue weighted by Crippen LogP contribution is 2.30. The molecule has 0 unspecified atom stereocenters. The average Bonchev–Trinajstić information content (AvgIpc) is 2.84. The fourth-order valence-electron chi connectivity index (χ4n) is 2.33. The van der Waals surface area contributed by atoms with Crippen LogP contribution < -0.4 is 16.0 Å². The van der Waals surface area contributed by atoms with Gasteiger partial charge in [0.25, 0.3) is 0 Å². The molecular weight excluding hydrogens is 257 g/mol. The first-order chi connectivity index (χ1) is 9.63. The fourth-order valence-corrected chi connectivity index (χ4v) is 2.33. The second-order valence-corrected chi connectivity index (χ2v) is 4.73. The standard InChI is InChI=1S/C15H14FN3O/c16-11-2-5-13(6-3-11)18-15(20)19-8-7-10-1-4-12(17)9-14(10)19/h1-6,9H,7-8,17H2,(H,18,20). The van der Waals surface area contributed by atoms with Gasteiger partial charge in [-0.15, -0.1) is 0 Å². The summed E-state index contributed by atoms with van der Waals surface area (Å²) >= 11 is 0. The van der Waals surface area contributed by atoms with Gasteiger partial charge in [0.2, 0.25) is 0 Å². The summed E-state index contributed by atoms with van der Waals surface area (Å²) in [5.74, 6) is -0.331. The molecule has 0 aromatic heterocycles. The number of carbonyl (C=O) groups is 1. The Morgan fingerprint density at radius 2 is 1.95 bits per heavy atom. The van der Waals surface area contributed by atoms with Crippen LogP contribution >= 0.6 is 0 Å². The maximum Gasteiger partial charge on any atom is 0.326 e. The molecule has 4 nitrogen and oxygen atoms in total. The largest absolute Gasteiger partial charge is 0.399 e. The molecule has 3 N–H and O–H groups in total. The lowest BCUT2D eigenvalue weighted by Gasteiger charge is -2.18. The van der Waals surface area contributed by atoms with Crippen molar-refractivity contribution in [3.63, 3.8) is 0 Å². The van der Waals surface area contributed by atoms with E-state index >= 15 is 0 Å². The monoisotopic (exact) mass is 271 g/mol. The maximum absolute atomic E-state index is 12.8. The van der Waals surface area contributed by atoms with Crippen LogP contribution in [0.25, 0.3) is 0 Å². The number of urea groups is 1. The molecule has 0 atom stereocenters. The highest BCUT2D eigenvalue weighted by molar-refractivity contribution is 6.03. The van der Waals surface area contributed by atoms with Crippen molar-refractivity contribution in [2.75, 3.05) is 22.5 Å². The van der Waals surface area contributed by atoms with Crippen LogP contribution in [0.4, 0.5) is 26.2 Å². The summed E-state index contributed by atoms with van der Waals surface area (Å²) in [6, 6.07) is 11.0. The molecule has 0 radical (unpaired) electrons. The molecule has 0 saturated heterocycles. The molecule has 1 aliphatic rings. The van der Waals surface area contributed by atoms with E-state index in [0.717, 1.165) is 17.7 Å². The number of anilines is 3. The Bertz CT molecular complexity index is 655. The number of rotatable bonds is 1. The first-order valence-corrected chi connectivity index (χ1v) is 6.36. The van der Waals surface area contributed by atoms with Gasteiger partial charge in [-0.05, 0) is 48.4 Å². The van der Waals surface area contributed by atoms with E-state index in [9.17, 15) is 9.18 Å². The highest BCUT2D eigenvalue weighted by Gasteiger charge is 2.24. The average molecular weight is 271 g/mol. The highest BCUT2D eigenvalue weighted by atomic mass is 19.1. The Labute approximate surface area is 116 Å². The number of carbonyl (C=O) groups excluding carboxylic acids is 1. The molecule has 0 fully saturated rings. The van der Waals surface area contributed by atoms with Crippen molar-refractivity contribution >= 4 is 23.1 Å². The zero-order valence-corrected chi connectivity index (χ0v) is 10.8. The van der Waals surface area contributed by atoms with E-state index < -0.39 is 0 Å². The van der Waals surface area contributed by atoms with Gasteiger partial charge >= 0.3 is 6.03 Å². The van der Waals surface area contributed by atoms with Crippen molar-refractivity contribution in [2.45, 2.75) is 6.42 Å². The van der Waals surface area contributed by atoms with Crippen molar-refractivity contribution in [1.29, 1.82) is 0 Å². The number of nitrogen functional groups attached to an aromatic ring is 1. The van der Waals surface area contributed by atoms with Crippen molar-refractivity contribution in [3.8, 4) is 0 Å². The van der Waals surface area contributed by atoms with Gasteiger partial charge in [-0.25, -0.2) is 9.18 Å². The zero-order valence-electron chi connectivity index (χ0n) is 10.8. The molecule has 1 heterocycles. The minimum Gasteiger partial charge on any atom is -0.399 e. The minimum atomic E-state index is -0.331. The third-order valence-corrected chi connectivity index (χ3v) is 3.35. The van der Waals surface area contributed by atoms with Gasteiger partial charge in [-0.1, -0.05) is 6.07 Å². The molecule has 0 spiro atoms. The molecule has 3 rings (SSSR count). The number of hydrogen-bond acceptors (Lipinski definition) is 2. The molecule has 1 aliphatic heterocycles. The van der Waals surface area contributed by atoms with E-state index in [0.29, 0.717) is 17.9 Å². The molecule has 2 amide bonds. The van der Waals surface area contributed by atoms with E-state index in [1.807, 2.05) is 12.1 Å². The van der Waals surface area contributed by atoms with Crippen molar-refractivity contribution < 1.29 is 9.18 Å². The first kappa shape index (κ1) is 12.5. The van der Waals surface area contributed by atoms with Gasteiger partial charge in [0.1, 0.15) is 5.82 Å². The van der Waals surface area contributed by atoms with Crippen molar-refractivity contribution in [2.24, 2.45) is 0 Å². The quantitative estimate of drug-likeness (QED) is 0.783. The summed E-state index contributed by atoms with van der Waals surface area (Å²) in [6.07, 6.45) is 0.812. The summed E-state index contributed by atoms with van der Waals surface area (Å²) in [4.78, 5) is 13.9. The summed E-state index contributed by atoms with van der Waals surface area (Å²) in [5.41, 5.74) is 8.90. The topological polar surface area (TPSA) is 58.4 Å². The lowest BCUT2D eigenvalue weighted by molar-refractivity contribution is 0.257. The van der Waals surface area contributed by atoms with Crippen LogP contribution in [0.15, 0.2) is 42.5 Å². The molecule has 20 heavy (non-hydrogen) atoms. The Kier molecular flexibility index (Phi) is 3.02. The maximum atomic E-state index is 12.8. The van der Waals surface area contributed by atoms with Gasteiger partial charge < -0.3 is 11.1 Å². The van der Waals surface area contributed by atoms with E-state index in [1.54, 1.807) is 11.0 Å². The smallest absolute Gasteiger partial charge is 0.326 e. The van der Waals surface area contributed by atoms with E-state index in [1.165, 1.54) is 24.3 Å². The Morgan fingerprint density at radius 3 is 2.70 bits per heavy atom. The van der Waals surface area contributed by atoms with Crippen LogP contribution in [0.1, 0.15) is 5.56 Å². The second-order valence-electron chi connectivity index (χ2n) is 4.73. The predicted molar refractivity (Wildman–Crippen MR) is 77.3 cm³/mol. The van der Waals surface area contributed by atoms with E-state index in [2.05, 4.69) is 5.32 Å². The van der Waals surface area contributed by atoms with Gasteiger partial charge in [0, 0.05) is 17.9 Å². The minimum absolute atomic E-state index is 0.235. The first-order valence-electron chi connectivity index (χ1n) is 6.36. The number of nitrogens with one attached hydrogen (secondary N) is 1. The summed E-state index contributed by atoms with van der Waals surface area (Å²) in [6.45, 7) is 0.617. The van der Waals surface area contributed by atoms with Crippen LogP contribution in [-0.4, -0.2) is 12.6 Å². The van der Waals surface area contributed by atoms with Crippen molar-refractivity contribution in [3.05, 3.63) is 53.8 Å². The van der Waals surface area contributed by atoms with Gasteiger partial charge in [0.05, 0.1) is 5.69 Å². The van der Waals surface area contributed by atoms with Crippen molar-refractivity contribution in [1.82, 2.24) is 0 Å². The number of fused-ring (bicyclic) bond motifs is 1. The normalized spacial score (nSPS) is 13.2. The predicted octanol–water partition coefficient (Wildman–Crippen LogP) is 3.00. The summed E-state index contributed by atoms with van der Waals surface area (Å²) in [7, 11) is 0. The molecule has 0 saturated carbocycles. The molecule has 0 bridgehead atoms. The van der Waals surface area contributed by atoms with Crippen LogP contribution in [0.5, 0.6) is 0 Å². The molecule has 2 aromatic carbocycles. The van der Waals surface area contributed by atoms with Crippen LogP contribution in [0, 0.1) is 5.82 Å². The lowest BCUT2D eigenvalue weighted by atomic mass is 10.1. The molecule has 0 aliphatic carbocycles. The Balaban J connectivity index is 1.80. The second kappa shape index (κ2) is 4.85. The summed E-state index contributed by atoms with van der Waals surface area (Å²) < 4.78 is 12.8. The number of benzene rings is 2. The van der Waals surface area contributed by atoms with Crippen LogP contribution in [0.3, 0.4) is 0 Å². The third kappa shape index (κ3) is 2.30. The van der Waals surface area contributed by atoms with Crippen LogP contribution in [-0.2, 0) is 6.42 Å². The molecular formula is C15H14FN3O. The molecule has 102 valence electrons. The Hall–Kier alpha value is -2.56. The Morgan fingerprint density at radius 1 is 1.20 bits per heavy atom. The van der Waals surface area contributed by atoms with E-state index in [-0.39, 0.29) is 11.8 Å². The molecule has 2 aromatic rings. The number of hydrogen-bond donors (Lipinski definition) is 2. The van der Waals surface area contributed by atoms with Gasteiger partial charge in [0.15, 0.2) is 0 Å². The fraction of sp³-hybridized carbons (Fsp3) is 0.133. The SMILES string of the molecule is Nc1ccc2c(c1)N(C(=O)Nc1ccc(F)cc1)CC2. The lowest BCUT2D eigenvalue weighted by Crippen LogP contribution is -2.33. The van der Waals surface area contributed by atoms with Gasteiger partial charge in [-0.3, -0.25) is 4.90 Å². The number of halogens is 1. The summed E-state index contributed by atoms with van der Waals surface area (Å²) in [5, 5.41) is 2.75. The van der Waals surface area contributed by atoms with E-state index in [4.69, 9.17) is 5.73 Å². The number of nitrogens with two attached hydrogens (primary N) is 1. The number of amides is 2. The zero-order chi connectivity index (χ0) is 14.1. The number of nitrogens with zero attached hydrogens (tertiary/aromatic N) is 1. The third-order valence-electron chi connectivity index (χ3n) is 3.35. The molecule has 5 heteroatoms.